The van der Waals surface area contributed by atoms with Gasteiger partial charge in [-0.25, -0.2) is 4.98 Å². The van der Waals surface area contributed by atoms with Gasteiger partial charge >= 0.3 is 12.1 Å². The van der Waals surface area contributed by atoms with Crippen molar-refractivity contribution in [3.05, 3.63) is 71.3 Å². The number of nitrogens with two attached hydrogens (primary N) is 1. The number of nitriles is 1. The van der Waals surface area contributed by atoms with Crippen LogP contribution in [0.25, 0.3) is 0 Å². The molecule has 198 valence electrons. The van der Waals surface area contributed by atoms with E-state index < -0.39 is 29.7 Å². The molecule has 1 amide bonds. The number of nitrogen functional groups attached to an aromatic ring is 1. The molecular weight excluding hydrogens is 521 g/mol. The molecule has 0 spiro atoms. The second-order valence-electron chi connectivity index (χ2n) is 7.88. The predicted octanol–water partition coefficient (Wildman–Crippen LogP) is 4.61. The summed E-state index contributed by atoms with van der Waals surface area (Å²) in [4.78, 5) is 33.5. The summed E-state index contributed by atoms with van der Waals surface area (Å²) < 4.78 is 44.6. The highest BCUT2D eigenvalue weighted by atomic mass is 32.2. The summed E-state index contributed by atoms with van der Waals surface area (Å²) in [6.45, 7) is 0.0340. The van der Waals surface area contributed by atoms with Gasteiger partial charge < -0.3 is 21.1 Å². The Bertz CT molecular complexity index is 1330. The molecule has 2 aromatic carbocycles. The lowest BCUT2D eigenvalue weighted by Crippen LogP contribution is -2.36. The first-order chi connectivity index (χ1) is 18.1. The van der Waals surface area contributed by atoms with E-state index in [1.54, 1.807) is 30.5 Å². The first-order valence-corrected chi connectivity index (χ1v) is 12.4. The largest absolute Gasteiger partial charge is 0.461 e. The van der Waals surface area contributed by atoms with Crippen LogP contribution >= 0.6 is 11.8 Å². The maximum atomic E-state index is 13.1. The van der Waals surface area contributed by atoms with Crippen LogP contribution in [-0.4, -0.2) is 34.1 Å². The highest BCUT2D eigenvalue weighted by molar-refractivity contribution is 7.98. The molecule has 0 bridgehead atoms. The van der Waals surface area contributed by atoms with E-state index in [1.807, 2.05) is 12.1 Å². The van der Waals surface area contributed by atoms with E-state index in [4.69, 9.17) is 10.5 Å². The first-order valence-electron chi connectivity index (χ1n) is 11.2. The number of halogens is 3. The van der Waals surface area contributed by atoms with E-state index in [0.29, 0.717) is 0 Å². The fourth-order valence-electron chi connectivity index (χ4n) is 3.32. The smallest absolute Gasteiger partial charge is 0.416 e. The molecule has 3 rings (SSSR count). The Morgan fingerprint density at radius 1 is 1.16 bits per heavy atom. The van der Waals surface area contributed by atoms with Gasteiger partial charge in [-0.1, -0.05) is 36.4 Å². The summed E-state index contributed by atoms with van der Waals surface area (Å²) in [5, 5.41) is 15.1. The van der Waals surface area contributed by atoms with Crippen molar-refractivity contribution < 1.29 is 27.5 Å². The molecule has 3 aromatic rings. The van der Waals surface area contributed by atoms with Crippen LogP contribution in [0.2, 0.25) is 0 Å². The molecule has 1 atom stereocenters. The SMILES string of the molecule is CSc1nc(N)nc(N[C@@H](CCC(=O)OCc2ccccc2)C(=O)Nc2cccc(C(F)(F)F)c2)c1C#N. The van der Waals surface area contributed by atoms with Crippen LogP contribution in [0.4, 0.5) is 30.6 Å². The van der Waals surface area contributed by atoms with Crippen LogP contribution < -0.4 is 16.4 Å². The van der Waals surface area contributed by atoms with Crippen molar-refractivity contribution in [1.29, 1.82) is 5.26 Å². The number of nitrogens with zero attached hydrogens (tertiary/aromatic N) is 3. The molecular formula is C25H23F3N6O3S. The summed E-state index contributed by atoms with van der Waals surface area (Å²) in [5.74, 6) is -1.56. The van der Waals surface area contributed by atoms with E-state index in [1.165, 1.54) is 6.07 Å². The Morgan fingerprint density at radius 2 is 1.89 bits per heavy atom. The van der Waals surface area contributed by atoms with Crippen molar-refractivity contribution in [1.82, 2.24) is 9.97 Å². The maximum Gasteiger partial charge on any atom is 0.416 e. The molecule has 0 aliphatic heterocycles. The number of amides is 1. The van der Waals surface area contributed by atoms with Crippen LogP contribution in [0.3, 0.4) is 0 Å². The Balaban J connectivity index is 1.80. The van der Waals surface area contributed by atoms with Crippen LogP contribution in [-0.2, 0) is 27.1 Å². The number of ether oxygens (including phenoxy) is 1. The summed E-state index contributed by atoms with van der Waals surface area (Å²) >= 11 is 1.14. The lowest BCUT2D eigenvalue weighted by Gasteiger charge is -2.20. The molecule has 0 aliphatic rings. The zero-order valence-electron chi connectivity index (χ0n) is 20.1. The zero-order chi connectivity index (χ0) is 27.7. The van der Waals surface area contributed by atoms with Crippen molar-refractivity contribution in [2.24, 2.45) is 0 Å². The fraction of sp³-hybridized carbons (Fsp3) is 0.240. The van der Waals surface area contributed by atoms with Gasteiger partial charge in [-0.2, -0.15) is 23.4 Å². The van der Waals surface area contributed by atoms with Gasteiger partial charge in [0.1, 0.15) is 29.3 Å². The molecule has 4 N–H and O–H groups in total. The third-order valence-corrected chi connectivity index (χ3v) is 5.85. The quantitative estimate of drug-likeness (QED) is 0.189. The average molecular weight is 545 g/mol. The molecule has 9 nitrogen and oxygen atoms in total. The molecule has 0 saturated heterocycles. The Hall–Kier alpha value is -4.31. The first kappa shape index (κ1) is 28.3. The number of carbonyl (C=O) groups excluding carboxylic acids is 2. The lowest BCUT2D eigenvalue weighted by atomic mass is 10.1. The topological polar surface area (TPSA) is 143 Å². The molecule has 38 heavy (non-hydrogen) atoms. The Morgan fingerprint density at radius 3 is 2.55 bits per heavy atom. The molecule has 1 heterocycles. The minimum Gasteiger partial charge on any atom is -0.461 e. The number of nitrogens with one attached hydrogen (secondary N) is 2. The lowest BCUT2D eigenvalue weighted by molar-refractivity contribution is -0.145. The summed E-state index contributed by atoms with van der Waals surface area (Å²) in [6.07, 6.45) is -3.26. The molecule has 0 saturated carbocycles. The number of alkyl halides is 3. The predicted molar refractivity (Wildman–Crippen MR) is 136 cm³/mol. The monoisotopic (exact) mass is 544 g/mol. The maximum absolute atomic E-state index is 13.1. The van der Waals surface area contributed by atoms with Crippen molar-refractivity contribution in [3.8, 4) is 6.07 Å². The highest BCUT2D eigenvalue weighted by Gasteiger charge is 2.31. The van der Waals surface area contributed by atoms with Gasteiger partial charge in [0.25, 0.3) is 0 Å². The van der Waals surface area contributed by atoms with Crippen molar-refractivity contribution in [2.75, 3.05) is 22.6 Å². The molecule has 0 fully saturated rings. The Labute approximate surface area is 220 Å². The third-order valence-electron chi connectivity index (χ3n) is 5.16. The number of esters is 1. The summed E-state index contributed by atoms with van der Waals surface area (Å²) in [7, 11) is 0. The van der Waals surface area contributed by atoms with E-state index in [0.717, 1.165) is 35.5 Å². The van der Waals surface area contributed by atoms with Gasteiger partial charge in [-0.05, 0) is 36.4 Å². The van der Waals surface area contributed by atoms with Crippen LogP contribution in [0.15, 0.2) is 59.6 Å². The second-order valence-corrected chi connectivity index (χ2v) is 8.67. The normalized spacial score (nSPS) is 11.8. The van der Waals surface area contributed by atoms with Crippen LogP contribution in [0.1, 0.15) is 29.5 Å². The van der Waals surface area contributed by atoms with E-state index in [9.17, 15) is 28.0 Å². The molecule has 13 heteroatoms. The number of anilines is 3. The average Bonchev–Trinajstić information content (AvgIpc) is 2.89. The molecule has 0 unspecified atom stereocenters. The molecule has 0 radical (unpaired) electrons. The van der Waals surface area contributed by atoms with Gasteiger partial charge in [0.2, 0.25) is 11.9 Å². The standard InChI is InChI=1S/C25H23F3N6O3S/c1-38-23-18(13-29)21(33-24(30)34-23)32-19(10-11-20(35)37-14-15-6-3-2-4-7-15)22(36)31-17-9-5-8-16(12-17)25(26,27)28/h2-9,12,19H,10-11,14H2,1H3,(H,31,36)(H3,30,32,33,34)/t19-/m0/s1. The van der Waals surface area contributed by atoms with Crippen molar-refractivity contribution in [3.63, 3.8) is 0 Å². The van der Waals surface area contributed by atoms with Crippen molar-refractivity contribution >= 4 is 41.1 Å². The van der Waals surface area contributed by atoms with E-state index in [-0.39, 0.29) is 47.5 Å². The number of carbonyl (C=O) groups is 2. The Kier molecular flexibility index (Phi) is 9.50. The number of rotatable bonds is 10. The third kappa shape index (κ3) is 7.84. The van der Waals surface area contributed by atoms with E-state index in [2.05, 4.69) is 20.6 Å². The second kappa shape index (κ2) is 12.8. The fourth-order valence-corrected chi connectivity index (χ4v) is 3.85. The minimum atomic E-state index is -4.60. The van der Waals surface area contributed by atoms with Crippen molar-refractivity contribution in [2.45, 2.75) is 36.7 Å². The summed E-state index contributed by atoms with van der Waals surface area (Å²) in [6, 6.07) is 13.9. The van der Waals surface area contributed by atoms with Gasteiger partial charge in [0.15, 0.2) is 5.82 Å². The number of benzene rings is 2. The van der Waals surface area contributed by atoms with Crippen LogP contribution in [0, 0.1) is 11.3 Å². The zero-order valence-corrected chi connectivity index (χ0v) is 20.9. The summed E-state index contributed by atoms with van der Waals surface area (Å²) in [5.41, 5.74) is 5.50. The van der Waals surface area contributed by atoms with Gasteiger partial charge in [0.05, 0.1) is 5.56 Å². The van der Waals surface area contributed by atoms with Crippen LogP contribution in [0.5, 0.6) is 0 Å². The van der Waals surface area contributed by atoms with Gasteiger partial charge in [-0.15, -0.1) is 11.8 Å². The minimum absolute atomic E-state index is 0.0234. The molecule has 0 aliphatic carbocycles. The number of aromatic nitrogens is 2. The number of hydrogen-bond acceptors (Lipinski definition) is 9. The number of thioether (sulfide) groups is 1. The highest BCUT2D eigenvalue weighted by Crippen LogP contribution is 2.31. The van der Waals surface area contributed by atoms with Gasteiger partial charge in [0, 0.05) is 12.1 Å². The number of hydrogen-bond donors (Lipinski definition) is 3. The van der Waals surface area contributed by atoms with E-state index >= 15 is 0 Å². The molecule has 1 aromatic heterocycles. The van der Waals surface area contributed by atoms with Gasteiger partial charge in [-0.3, -0.25) is 9.59 Å².